The topological polar surface area (TPSA) is 75.1 Å². The maximum Gasteiger partial charge on any atom is 0.309 e. The van der Waals surface area contributed by atoms with Crippen molar-refractivity contribution in [3.05, 3.63) is 10.4 Å². The first-order valence-corrected chi connectivity index (χ1v) is 3.91. The molecular weight excluding hydrogens is 158 g/mol. The van der Waals surface area contributed by atoms with Crippen LogP contribution in [0.15, 0.2) is 5.11 Å². The van der Waals surface area contributed by atoms with Crippen LogP contribution >= 0.6 is 0 Å². The van der Waals surface area contributed by atoms with Crippen LogP contribution in [-0.2, 0) is 9.53 Å². The Morgan fingerprint density at radius 3 is 3.00 bits per heavy atom. The van der Waals surface area contributed by atoms with Gasteiger partial charge in [0.05, 0.1) is 19.1 Å². The number of esters is 1. The first-order chi connectivity index (χ1) is 5.79. The largest absolute Gasteiger partial charge is 0.469 e. The average molecular weight is 169 g/mol. The van der Waals surface area contributed by atoms with Crippen molar-refractivity contribution in [3.63, 3.8) is 0 Å². The van der Waals surface area contributed by atoms with Gasteiger partial charge in [-0.3, -0.25) is 4.79 Å². The van der Waals surface area contributed by atoms with E-state index in [-0.39, 0.29) is 17.9 Å². The minimum atomic E-state index is -0.259. The number of hydrogen-bond donors (Lipinski definition) is 0. The van der Waals surface area contributed by atoms with Gasteiger partial charge in [-0.05, 0) is 18.4 Å². The summed E-state index contributed by atoms with van der Waals surface area (Å²) in [5.41, 5.74) is 8.21. The highest BCUT2D eigenvalue weighted by atomic mass is 16.5. The molecule has 5 heteroatoms. The number of nitrogens with zero attached hydrogens (tertiary/aromatic N) is 3. The zero-order chi connectivity index (χ0) is 8.97. The van der Waals surface area contributed by atoms with Gasteiger partial charge in [-0.1, -0.05) is 11.5 Å². The monoisotopic (exact) mass is 169 g/mol. The van der Waals surface area contributed by atoms with E-state index < -0.39 is 0 Å². The van der Waals surface area contributed by atoms with Crippen molar-refractivity contribution in [2.45, 2.75) is 25.3 Å². The van der Waals surface area contributed by atoms with E-state index in [0.29, 0.717) is 0 Å². The van der Waals surface area contributed by atoms with Crippen LogP contribution in [0.25, 0.3) is 10.4 Å². The lowest BCUT2D eigenvalue weighted by atomic mass is 10.1. The Kier molecular flexibility index (Phi) is 2.94. The molecule has 0 aromatic carbocycles. The van der Waals surface area contributed by atoms with E-state index in [2.05, 4.69) is 14.8 Å². The Morgan fingerprint density at radius 1 is 1.67 bits per heavy atom. The lowest BCUT2D eigenvalue weighted by Gasteiger charge is -2.10. The lowest BCUT2D eigenvalue weighted by Crippen LogP contribution is -2.22. The molecule has 0 unspecified atom stereocenters. The minimum absolute atomic E-state index is 0.192. The van der Waals surface area contributed by atoms with Gasteiger partial charge in [-0.15, -0.1) is 0 Å². The summed E-state index contributed by atoms with van der Waals surface area (Å²) < 4.78 is 4.59. The molecule has 5 nitrogen and oxygen atoms in total. The fraction of sp³-hybridized carbons (Fsp3) is 0.857. The van der Waals surface area contributed by atoms with Crippen molar-refractivity contribution in [1.29, 1.82) is 0 Å². The predicted molar refractivity (Wildman–Crippen MR) is 42.3 cm³/mol. The van der Waals surface area contributed by atoms with E-state index in [4.69, 9.17) is 5.53 Å². The molecule has 0 aromatic rings. The van der Waals surface area contributed by atoms with Crippen LogP contribution < -0.4 is 0 Å². The third-order valence-corrected chi connectivity index (χ3v) is 2.18. The molecule has 1 rings (SSSR count). The Hall–Kier alpha value is -1.22. The van der Waals surface area contributed by atoms with E-state index >= 15 is 0 Å². The van der Waals surface area contributed by atoms with Crippen molar-refractivity contribution >= 4 is 5.97 Å². The molecular formula is C7H11N3O2. The molecule has 0 aromatic heterocycles. The summed E-state index contributed by atoms with van der Waals surface area (Å²) in [4.78, 5) is 13.8. The van der Waals surface area contributed by atoms with E-state index in [1.165, 1.54) is 7.11 Å². The molecule has 0 spiro atoms. The van der Waals surface area contributed by atoms with Gasteiger partial charge < -0.3 is 4.74 Å². The van der Waals surface area contributed by atoms with Gasteiger partial charge in [-0.2, -0.15) is 0 Å². The zero-order valence-corrected chi connectivity index (χ0v) is 6.93. The third kappa shape index (κ3) is 1.68. The first-order valence-electron chi connectivity index (χ1n) is 3.91. The minimum Gasteiger partial charge on any atom is -0.469 e. The standard InChI is InChI=1S/C7H11N3O2/c1-12-7(11)5-3-2-4-6(5)9-10-8/h5-6H,2-4H2,1H3/t5-,6-/m0/s1. The number of hydrogen-bond acceptors (Lipinski definition) is 3. The number of carbonyl (C=O) groups is 1. The van der Waals surface area contributed by atoms with Crippen molar-refractivity contribution < 1.29 is 9.53 Å². The fourth-order valence-electron chi connectivity index (χ4n) is 1.57. The molecule has 0 saturated heterocycles. The van der Waals surface area contributed by atoms with Gasteiger partial charge in [0.25, 0.3) is 0 Å². The molecule has 0 aliphatic heterocycles. The van der Waals surface area contributed by atoms with Gasteiger partial charge in [0.1, 0.15) is 0 Å². The summed E-state index contributed by atoms with van der Waals surface area (Å²) in [5.74, 6) is -0.476. The van der Waals surface area contributed by atoms with Gasteiger partial charge in [0, 0.05) is 4.91 Å². The van der Waals surface area contributed by atoms with Crippen LogP contribution in [0, 0.1) is 5.92 Å². The Balaban J connectivity index is 2.63. The Bertz CT molecular complexity index is 223. The van der Waals surface area contributed by atoms with E-state index in [9.17, 15) is 4.79 Å². The van der Waals surface area contributed by atoms with E-state index in [1.807, 2.05) is 0 Å². The second kappa shape index (κ2) is 3.97. The highest BCUT2D eigenvalue weighted by molar-refractivity contribution is 5.73. The summed E-state index contributed by atoms with van der Waals surface area (Å²) in [5, 5.41) is 3.55. The molecule has 12 heavy (non-hydrogen) atoms. The summed E-state index contributed by atoms with van der Waals surface area (Å²) in [6.07, 6.45) is 2.50. The molecule has 2 atom stereocenters. The molecule has 1 aliphatic rings. The SMILES string of the molecule is COC(=O)[C@H]1CCC[C@@H]1N=[N+]=[N-]. The third-order valence-electron chi connectivity index (χ3n) is 2.18. The summed E-state index contributed by atoms with van der Waals surface area (Å²) in [6.45, 7) is 0. The normalized spacial score (nSPS) is 27.8. The fourth-order valence-corrected chi connectivity index (χ4v) is 1.57. The number of methoxy groups -OCH3 is 1. The van der Waals surface area contributed by atoms with Gasteiger partial charge >= 0.3 is 5.97 Å². The zero-order valence-electron chi connectivity index (χ0n) is 6.93. The quantitative estimate of drug-likeness (QED) is 0.272. The molecule has 1 fully saturated rings. The van der Waals surface area contributed by atoms with E-state index in [1.54, 1.807) is 0 Å². The average Bonchev–Trinajstić information content (AvgIpc) is 2.52. The second-order valence-electron chi connectivity index (χ2n) is 2.83. The smallest absolute Gasteiger partial charge is 0.309 e. The second-order valence-corrected chi connectivity index (χ2v) is 2.83. The summed E-state index contributed by atoms with van der Waals surface area (Å²) in [6, 6.07) is -0.192. The van der Waals surface area contributed by atoms with Crippen molar-refractivity contribution in [2.24, 2.45) is 11.0 Å². The van der Waals surface area contributed by atoms with Crippen molar-refractivity contribution in [3.8, 4) is 0 Å². The van der Waals surface area contributed by atoms with E-state index in [0.717, 1.165) is 19.3 Å². The first kappa shape index (κ1) is 8.87. The number of rotatable bonds is 2. The van der Waals surface area contributed by atoms with Crippen LogP contribution in [0.3, 0.4) is 0 Å². The molecule has 0 heterocycles. The molecule has 0 bridgehead atoms. The van der Waals surface area contributed by atoms with Crippen molar-refractivity contribution in [1.82, 2.24) is 0 Å². The van der Waals surface area contributed by atoms with Crippen LogP contribution in [0.1, 0.15) is 19.3 Å². The van der Waals surface area contributed by atoms with Crippen molar-refractivity contribution in [2.75, 3.05) is 7.11 Å². The Morgan fingerprint density at radius 2 is 2.42 bits per heavy atom. The van der Waals surface area contributed by atoms with Gasteiger partial charge in [0.2, 0.25) is 0 Å². The van der Waals surface area contributed by atoms with Crippen LogP contribution in [0.2, 0.25) is 0 Å². The molecule has 0 amide bonds. The lowest BCUT2D eigenvalue weighted by molar-refractivity contribution is -0.145. The van der Waals surface area contributed by atoms with Crippen LogP contribution in [-0.4, -0.2) is 19.1 Å². The number of azide groups is 1. The molecule has 0 radical (unpaired) electrons. The maximum absolute atomic E-state index is 11.1. The number of carbonyl (C=O) groups excluding carboxylic acids is 1. The molecule has 1 aliphatic carbocycles. The highest BCUT2D eigenvalue weighted by Gasteiger charge is 2.32. The Labute approximate surface area is 70.3 Å². The summed E-state index contributed by atoms with van der Waals surface area (Å²) >= 11 is 0. The van der Waals surface area contributed by atoms with Gasteiger partial charge in [0.15, 0.2) is 0 Å². The maximum atomic E-state index is 11.1. The van der Waals surface area contributed by atoms with Gasteiger partial charge in [-0.25, -0.2) is 0 Å². The number of ether oxygens (including phenoxy) is 1. The molecule has 66 valence electrons. The predicted octanol–water partition coefficient (Wildman–Crippen LogP) is 1.64. The highest BCUT2D eigenvalue weighted by Crippen LogP contribution is 2.29. The molecule has 1 saturated carbocycles. The summed E-state index contributed by atoms with van der Waals surface area (Å²) in [7, 11) is 1.35. The van der Waals surface area contributed by atoms with Crippen LogP contribution in [0.5, 0.6) is 0 Å². The van der Waals surface area contributed by atoms with Crippen LogP contribution in [0.4, 0.5) is 0 Å². The molecule has 0 N–H and O–H groups in total.